The van der Waals surface area contributed by atoms with E-state index in [2.05, 4.69) is 38.5 Å². The van der Waals surface area contributed by atoms with E-state index in [4.69, 9.17) is 0 Å². The summed E-state index contributed by atoms with van der Waals surface area (Å²) in [5.74, 6) is 1.06. The molecule has 2 aliphatic carbocycles. The maximum absolute atomic E-state index is 13.1. The fourth-order valence-electron chi connectivity index (χ4n) is 4.37. The lowest BCUT2D eigenvalue weighted by Gasteiger charge is -2.22. The number of benzene rings is 2. The van der Waals surface area contributed by atoms with Gasteiger partial charge >= 0.3 is 0 Å². The molecule has 0 aliphatic heterocycles. The van der Waals surface area contributed by atoms with Crippen molar-refractivity contribution in [3.05, 3.63) is 84.4 Å². The van der Waals surface area contributed by atoms with Gasteiger partial charge in [0.15, 0.2) is 0 Å². The number of hydrogen-bond acceptors (Lipinski definition) is 5. The quantitative estimate of drug-likeness (QED) is 0.410. The first-order valence-electron chi connectivity index (χ1n) is 12.0. The van der Waals surface area contributed by atoms with Crippen molar-refractivity contribution < 1.29 is 4.79 Å². The maximum Gasteiger partial charge on any atom is 0.227 e. The Balaban J connectivity index is 1.25. The molecule has 0 bridgehead atoms. The number of carbonyl (C=O) groups excluding carboxylic acids is 1. The molecule has 34 heavy (non-hydrogen) atoms. The molecule has 0 saturated heterocycles. The summed E-state index contributed by atoms with van der Waals surface area (Å²) >= 11 is 0. The van der Waals surface area contributed by atoms with Crippen molar-refractivity contribution >= 4 is 22.6 Å². The molecule has 0 unspecified atom stereocenters. The number of fused-ring (bicyclic) bond motifs is 1. The molecule has 6 heteroatoms. The molecule has 1 amide bonds. The van der Waals surface area contributed by atoms with Gasteiger partial charge < -0.3 is 10.2 Å². The Bertz CT molecular complexity index is 1330. The van der Waals surface area contributed by atoms with E-state index in [-0.39, 0.29) is 5.91 Å². The van der Waals surface area contributed by atoms with Crippen molar-refractivity contribution in [3.8, 4) is 11.1 Å². The normalized spacial score (nSPS) is 15.3. The summed E-state index contributed by atoms with van der Waals surface area (Å²) < 4.78 is 0. The molecule has 2 aromatic heterocycles. The second-order valence-corrected chi connectivity index (χ2v) is 9.32. The molecule has 0 atom stereocenters. The summed E-state index contributed by atoms with van der Waals surface area (Å²) in [4.78, 5) is 28.6. The Morgan fingerprint density at radius 1 is 0.912 bits per heavy atom. The minimum atomic E-state index is 0.166. The molecule has 0 radical (unpaired) electrons. The highest BCUT2D eigenvalue weighted by Crippen LogP contribution is 2.32. The van der Waals surface area contributed by atoms with Gasteiger partial charge in [-0.25, -0.2) is 9.97 Å². The highest BCUT2D eigenvalue weighted by molar-refractivity contribution is 5.92. The highest BCUT2D eigenvalue weighted by atomic mass is 16.2. The summed E-state index contributed by atoms with van der Waals surface area (Å²) in [6.07, 6.45) is 8.42. The van der Waals surface area contributed by atoms with E-state index in [0.29, 0.717) is 25.0 Å². The monoisotopic (exact) mass is 449 g/mol. The van der Waals surface area contributed by atoms with Gasteiger partial charge in [0.1, 0.15) is 12.1 Å². The zero-order chi connectivity index (χ0) is 22.9. The van der Waals surface area contributed by atoms with Gasteiger partial charge in [0, 0.05) is 23.7 Å². The van der Waals surface area contributed by atoms with E-state index >= 15 is 0 Å². The third-order valence-corrected chi connectivity index (χ3v) is 6.54. The maximum atomic E-state index is 13.1. The van der Waals surface area contributed by atoms with E-state index in [0.717, 1.165) is 51.9 Å². The zero-order valence-electron chi connectivity index (χ0n) is 19.0. The van der Waals surface area contributed by atoms with Crippen molar-refractivity contribution in [3.63, 3.8) is 0 Å². The molecule has 2 aromatic carbocycles. The van der Waals surface area contributed by atoms with Crippen molar-refractivity contribution in [2.45, 2.75) is 50.7 Å². The SMILES string of the molecule is O=C(Cc1ccccc1)N(Cc1cc(-c2ccc3ncnc(NC4CC4)c3c2)ccn1)C1CC1. The van der Waals surface area contributed by atoms with Crippen LogP contribution in [-0.4, -0.2) is 37.8 Å². The lowest BCUT2D eigenvalue weighted by Crippen LogP contribution is -2.34. The minimum absolute atomic E-state index is 0.166. The fourth-order valence-corrected chi connectivity index (χ4v) is 4.37. The first kappa shape index (κ1) is 20.8. The second-order valence-electron chi connectivity index (χ2n) is 9.32. The third-order valence-electron chi connectivity index (χ3n) is 6.54. The fraction of sp³-hybridized carbons (Fsp3) is 0.286. The molecular formula is C28H27N5O. The van der Waals surface area contributed by atoms with E-state index in [1.807, 2.05) is 53.6 Å². The summed E-state index contributed by atoms with van der Waals surface area (Å²) in [5.41, 5.74) is 5.07. The lowest BCUT2D eigenvalue weighted by atomic mass is 10.0. The number of nitrogens with zero attached hydrogens (tertiary/aromatic N) is 4. The molecule has 2 fully saturated rings. The molecule has 1 N–H and O–H groups in total. The molecule has 6 nitrogen and oxygen atoms in total. The number of hydrogen-bond donors (Lipinski definition) is 1. The van der Waals surface area contributed by atoms with Gasteiger partial charge in [-0.3, -0.25) is 9.78 Å². The second kappa shape index (κ2) is 8.86. The molecule has 2 heterocycles. The number of pyridine rings is 1. The number of nitrogens with one attached hydrogen (secondary N) is 1. The van der Waals surface area contributed by atoms with Crippen LogP contribution in [0.4, 0.5) is 5.82 Å². The smallest absolute Gasteiger partial charge is 0.227 e. The van der Waals surface area contributed by atoms with Crippen LogP contribution in [0.1, 0.15) is 36.9 Å². The van der Waals surface area contributed by atoms with Gasteiger partial charge in [0.05, 0.1) is 24.2 Å². The molecule has 2 aliphatic rings. The van der Waals surface area contributed by atoms with Crippen LogP contribution in [0, 0.1) is 0 Å². The summed E-state index contributed by atoms with van der Waals surface area (Å²) in [6.45, 7) is 0.537. The molecular weight excluding hydrogens is 422 g/mol. The molecule has 6 rings (SSSR count). The van der Waals surface area contributed by atoms with E-state index in [1.165, 1.54) is 12.8 Å². The van der Waals surface area contributed by atoms with Gasteiger partial charge in [-0.1, -0.05) is 36.4 Å². The van der Waals surface area contributed by atoms with Crippen LogP contribution >= 0.6 is 0 Å². The van der Waals surface area contributed by atoms with E-state index < -0.39 is 0 Å². The van der Waals surface area contributed by atoms with Crippen molar-refractivity contribution in [1.82, 2.24) is 19.9 Å². The average Bonchev–Trinajstić information content (AvgIpc) is 3.79. The van der Waals surface area contributed by atoms with E-state index in [9.17, 15) is 4.79 Å². The minimum Gasteiger partial charge on any atom is -0.367 e. The number of carbonyl (C=O) groups is 1. The Kier molecular flexibility index (Phi) is 5.41. The predicted octanol–water partition coefficient (Wildman–Crippen LogP) is 5.00. The largest absolute Gasteiger partial charge is 0.367 e. The van der Waals surface area contributed by atoms with Gasteiger partial charge in [-0.05, 0) is 66.6 Å². The number of aromatic nitrogens is 3. The summed E-state index contributed by atoms with van der Waals surface area (Å²) in [6, 6.07) is 21.2. The molecule has 2 saturated carbocycles. The van der Waals surface area contributed by atoms with Gasteiger partial charge in [-0.2, -0.15) is 0 Å². The van der Waals surface area contributed by atoms with Crippen LogP contribution in [0.25, 0.3) is 22.0 Å². The zero-order valence-corrected chi connectivity index (χ0v) is 19.0. The molecule has 0 spiro atoms. The van der Waals surface area contributed by atoms with Crippen LogP contribution in [0.5, 0.6) is 0 Å². The van der Waals surface area contributed by atoms with Crippen LogP contribution in [0.15, 0.2) is 73.2 Å². The number of amides is 1. The first-order valence-corrected chi connectivity index (χ1v) is 12.0. The average molecular weight is 450 g/mol. The number of rotatable bonds is 8. The van der Waals surface area contributed by atoms with E-state index in [1.54, 1.807) is 6.33 Å². The molecule has 170 valence electrons. The third kappa shape index (κ3) is 4.62. The Labute approximate surface area is 199 Å². The van der Waals surface area contributed by atoms with Crippen molar-refractivity contribution in [2.24, 2.45) is 0 Å². The Morgan fingerprint density at radius 2 is 1.74 bits per heavy atom. The predicted molar refractivity (Wildman–Crippen MR) is 133 cm³/mol. The Hall–Kier alpha value is -3.80. The van der Waals surface area contributed by atoms with Gasteiger partial charge in [0.2, 0.25) is 5.91 Å². The lowest BCUT2D eigenvalue weighted by molar-refractivity contribution is -0.131. The standard InChI is InChI=1S/C28H27N5O/c34-27(14-19-4-2-1-3-5-19)33(24-9-10-24)17-23-15-21(12-13-29-23)20-6-11-26-25(16-20)28(31-18-30-26)32-22-7-8-22/h1-6,11-13,15-16,18,22,24H,7-10,14,17H2,(H,30,31,32). The van der Waals surface area contributed by atoms with Gasteiger partial charge in [0.25, 0.3) is 0 Å². The van der Waals surface area contributed by atoms with Crippen LogP contribution in [0.2, 0.25) is 0 Å². The summed E-state index contributed by atoms with van der Waals surface area (Å²) in [7, 11) is 0. The number of anilines is 1. The van der Waals surface area contributed by atoms with Crippen molar-refractivity contribution in [2.75, 3.05) is 5.32 Å². The van der Waals surface area contributed by atoms with Gasteiger partial charge in [-0.15, -0.1) is 0 Å². The van der Waals surface area contributed by atoms with Crippen LogP contribution in [-0.2, 0) is 17.8 Å². The Morgan fingerprint density at radius 3 is 2.53 bits per heavy atom. The molecule has 4 aromatic rings. The van der Waals surface area contributed by atoms with Crippen LogP contribution in [0.3, 0.4) is 0 Å². The topological polar surface area (TPSA) is 71.0 Å². The van der Waals surface area contributed by atoms with Crippen LogP contribution < -0.4 is 5.32 Å². The first-order chi connectivity index (χ1) is 16.7. The summed E-state index contributed by atoms with van der Waals surface area (Å²) in [5, 5.41) is 4.55. The van der Waals surface area contributed by atoms with Crippen molar-refractivity contribution in [1.29, 1.82) is 0 Å². The highest BCUT2D eigenvalue weighted by Gasteiger charge is 2.32.